The topological polar surface area (TPSA) is 29.3 Å². The fraction of sp³-hybridized carbons (Fsp3) is 0.250. The van der Waals surface area contributed by atoms with Gasteiger partial charge in [0.2, 0.25) is 0 Å². The molecule has 0 amide bonds. The van der Waals surface area contributed by atoms with Gasteiger partial charge in [-0.1, -0.05) is 47.5 Å². The third-order valence-corrected chi connectivity index (χ3v) is 4.59. The highest BCUT2D eigenvalue weighted by atomic mass is 35.5. The van der Waals surface area contributed by atoms with Gasteiger partial charge in [-0.3, -0.25) is 0 Å². The smallest absolute Gasteiger partial charge is 0.0665 e. The molecule has 1 unspecified atom stereocenters. The first-order valence-corrected chi connectivity index (χ1v) is 7.46. The van der Waals surface area contributed by atoms with Crippen LogP contribution in [-0.4, -0.2) is 13.1 Å². The highest BCUT2D eigenvalue weighted by Crippen LogP contribution is 2.36. The highest BCUT2D eigenvalue weighted by Gasteiger charge is 2.26. The maximum atomic E-state index is 6.13. The first kappa shape index (κ1) is 13.7. The number of rotatable bonds is 3. The molecular weight excluding hydrogens is 291 g/mol. The van der Waals surface area contributed by atoms with Crippen LogP contribution in [-0.2, 0) is 6.42 Å². The monoisotopic (exact) mass is 306 g/mol. The van der Waals surface area contributed by atoms with Crippen molar-refractivity contribution >= 4 is 28.9 Å². The first-order chi connectivity index (χ1) is 9.70. The van der Waals surface area contributed by atoms with E-state index in [1.807, 2.05) is 18.2 Å². The second-order valence-corrected chi connectivity index (χ2v) is 5.81. The molecule has 0 saturated carbocycles. The van der Waals surface area contributed by atoms with Gasteiger partial charge < -0.3 is 10.6 Å². The van der Waals surface area contributed by atoms with Crippen LogP contribution in [0.3, 0.4) is 0 Å². The highest BCUT2D eigenvalue weighted by molar-refractivity contribution is 6.42. The van der Waals surface area contributed by atoms with Gasteiger partial charge in [0, 0.05) is 18.8 Å². The van der Waals surface area contributed by atoms with E-state index in [-0.39, 0.29) is 6.04 Å². The van der Waals surface area contributed by atoms with E-state index in [2.05, 4.69) is 29.2 Å². The maximum Gasteiger partial charge on any atom is 0.0665 e. The molecule has 0 spiro atoms. The molecule has 0 fully saturated rings. The number of hydrogen-bond acceptors (Lipinski definition) is 2. The Morgan fingerprint density at radius 2 is 1.90 bits per heavy atom. The Kier molecular flexibility index (Phi) is 3.88. The van der Waals surface area contributed by atoms with Gasteiger partial charge in [-0.05, 0) is 35.7 Å². The maximum absolute atomic E-state index is 6.13. The summed E-state index contributed by atoms with van der Waals surface area (Å²) >= 11 is 12.1. The molecule has 2 aromatic carbocycles. The number of fused-ring (bicyclic) bond motifs is 1. The summed E-state index contributed by atoms with van der Waals surface area (Å²) in [4.78, 5) is 2.36. The minimum absolute atomic E-state index is 0.133. The second kappa shape index (κ2) is 5.65. The van der Waals surface area contributed by atoms with E-state index in [1.54, 1.807) is 0 Å². The van der Waals surface area contributed by atoms with E-state index in [9.17, 15) is 0 Å². The van der Waals surface area contributed by atoms with Crippen LogP contribution in [0, 0.1) is 0 Å². The Bertz CT molecular complexity index is 628. The number of halogens is 2. The fourth-order valence-electron chi connectivity index (χ4n) is 2.85. The zero-order valence-corrected chi connectivity index (χ0v) is 12.5. The summed E-state index contributed by atoms with van der Waals surface area (Å²) < 4.78 is 0. The normalized spacial score (nSPS) is 15.2. The van der Waals surface area contributed by atoms with Crippen LogP contribution < -0.4 is 10.6 Å². The van der Waals surface area contributed by atoms with Crippen LogP contribution in [0.4, 0.5) is 5.69 Å². The van der Waals surface area contributed by atoms with Gasteiger partial charge in [0.25, 0.3) is 0 Å². The molecule has 0 saturated heterocycles. The van der Waals surface area contributed by atoms with Gasteiger partial charge in [-0.2, -0.15) is 0 Å². The Labute approximate surface area is 129 Å². The predicted octanol–water partition coefficient (Wildman–Crippen LogP) is 4.06. The Morgan fingerprint density at radius 3 is 2.65 bits per heavy atom. The number of para-hydroxylation sites is 1. The van der Waals surface area contributed by atoms with Crippen molar-refractivity contribution in [1.82, 2.24) is 0 Å². The first-order valence-electron chi connectivity index (χ1n) is 6.70. The summed E-state index contributed by atoms with van der Waals surface area (Å²) in [7, 11) is 0. The summed E-state index contributed by atoms with van der Waals surface area (Å²) in [5.41, 5.74) is 9.77. The third kappa shape index (κ3) is 2.39. The van der Waals surface area contributed by atoms with Crippen molar-refractivity contribution < 1.29 is 0 Å². The van der Waals surface area contributed by atoms with Gasteiger partial charge in [0.15, 0.2) is 0 Å². The molecule has 1 heterocycles. The molecule has 2 N–H and O–H groups in total. The molecule has 0 aromatic heterocycles. The molecule has 3 rings (SSSR count). The Hall–Kier alpha value is -1.22. The fourth-order valence-corrected chi connectivity index (χ4v) is 3.16. The third-order valence-electron chi connectivity index (χ3n) is 3.85. The van der Waals surface area contributed by atoms with Crippen LogP contribution in [0.5, 0.6) is 0 Å². The van der Waals surface area contributed by atoms with Crippen LogP contribution >= 0.6 is 23.2 Å². The molecule has 20 heavy (non-hydrogen) atoms. The van der Waals surface area contributed by atoms with Crippen molar-refractivity contribution in [3.8, 4) is 0 Å². The number of anilines is 1. The number of hydrogen-bond donors (Lipinski definition) is 1. The summed E-state index contributed by atoms with van der Waals surface area (Å²) in [6, 6.07) is 14.4. The Balaban J connectivity index is 1.97. The molecule has 2 aromatic rings. The summed E-state index contributed by atoms with van der Waals surface area (Å²) in [5, 5.41) is 1.16. The lowest BCUT2D eigenvalue weighted by atomic mass is 10.1. The van der Waals surface area contributed by atoms with Gasteiger partial charge in [-0.25, -0.2) is 0 Å². The quantitative estimate of drug-likeness (QED) is 0.926. The van der Waals surface area contributed by atoms with Crippen molar-refractivity contribution in [2.24, 2.45) is 5.73 Å². The molecule has 4 heteroatoms. The average molecular weight is 307 g/mol. The standard InChI is InChI=1S/C16H16Cl2N2/c17-13-6-5-12(9-14(13)18)16(10-19)20-8-7-11-3-1-2-4-15(11)20/h1-6,9,16H,7-8,10,19H2. The van der Waals surface area contributed by atoms with Gasteiger partial charge in [0.05, 0.1) is 16.1 Å². The number of nitrogens with zero attached hydrogens (tertiary/aromatic N) is 1. The van der Waals surface area contributed by atoms with Crippen LogP contribution in [0.1, 0.15) is 17.2 Å². The molecule has 2 nitrogen and oxygen atoms in total. The van der Waals surface area contributed by atoms with Crippen molar-refractivity contribution in [2.75, 3.05) is 18.0 Å². The molecule has 1 aliphatic rings. The van der Waals surface area contributed by atoms with Crippen LogP contribution in [0.2, 0.25) is 10.0 Å². The molecule has 0 radical (unpaired) electrons. The van der Waals surface area contributed by atoms with Gasteiger partial charge in [0.1, 0.15) is 0 Å². The average Bonchev–Trinajstić information content (AvgIpc) is 2.88. The van der Waals surface area contributed by atoms with Crippen molar-refractivity contribution in [3.63, 3.8) is 0 Å². The lowest BCUT2D eigenvalue weighted by Gasteiger charge is -2.30. The molecule has 104 valence electrons. The van der Waals surface area contributed by atoms with E-state index in [0.29, 0.717) is 16.6 Å². The van der Waals surface area contributed by atoms with Gasteiger partial charge >= 0.3 is 0 Å². The van der Waals surface area contributed by atoms with Crippen LogP contribution in [0.15, 0.2) is 42.5 Å². The Morgan fingerprint density at radius 1 is 1.10 bits per heavy atom. The summed E-state index contributed by atoms with van der Waals surface area (Å²) in [6.45, 7) is 1.54. The van der Waals surface area contributed by atoms with E-state index in [0.717, 1.165) is 18.5 Å². The second-order valence-electron chi connectivity index (χ2n) is 5.00. The predicted molar refractivity (Wildman–Crippen MR) is 85.7 cm³/mol. The zero-order chi connectivity index (χ0) is 14.1. The lowest BCUT2D eigenvalue weighted by Crippen LogP contribution is -2.32. The molecule has 1 atom stereocenters. The zero-order valence-electron chi connectivity index (χ0n) is 11.0. The van der Waals surface area contributed by atoms with E-state index in [1.165, 1.54) is 11.3 Å². The van der Waals surface area contributed by atoms with Crippen molar-refractivity contribution in [2.45, 2.75) is 12.5 Å². The molecular formula is C16H16Cl2N2. The van der Waals surface area contributed by atoms with Crippen molar-refractivity contribution in [3.05, 3.63) is 63.6 Å². The number of nitrogens with two attached hydrogens (primary N) is 1. The largest absolute Gasteiger partial charge is 0.363 e. The minimum atomic E-state index is 0.133. The minimum Gasteiger partial charge on any atom is -0.363 e. The molecule has 1 aliphatic heterocycles. The SMILES string of the molecule is NCC(c1ccc(Cl)c(Cl)c1)N1CCc2ccccc21. The van der Waals surface area contributed by atoms with Crippen molar-refractivity contribution in [1.29, 1.82) is 0 Å². The van der Waals surface area contributed by atoms with Crippen LogP contribution in [0.25, 0.3) is 0 Å². The van der Waals surface area contributed by atoms with Gasteiger partial charge in [-0.15, -0.1) is 0 Å². The lowest BCUT2D eigenvalue weighted by molar-refractivity contribution is 0.649. The molecule has 0 bridgehead atoms. The summed E-state index contributed by atoms with van der Waals surface area (Å²) in [5.74, 6) is 0. The van der Waals surface area contributed by atoms with E-state index >= 15 is 0 Å². The molecule has 0 aliphatic carbocycles. The number of benzene rings is 2. The van der Waals surface area contributed by atoms with E-state index in [4.69, 9.17) is 28.9 Å². The van der Waals surface area contributed by atoms with E-state index < -0.39 is 0 Å². The summed E-state index contributed by atoms with van der Waals surface area (Å²) in [6.07, 6.45) is 1.06.